The molecule has 9 nitrogen and oxygen atoms in total. The molecule has 1 saturated carbocycles. The van der Waals surface area contributed by atoms with E-state index in [1.165, 1.54) is 12.8 Å². The molecular weight excluding hydrogens is 444 g/mol. The fraction of sp³-hybridized carbons (Fsp3) is 0.615. The molecule has 9 heteroatoms. The number of methoxy groups -OCH3 is 2. The zero-order chi connectivity index (χ0) is 25.2. The van der Waals surface area contributed by atoms with E-state index >= 15 is 0 Å². The van der Waals surface area contributed by atoms with Gasteiger partial charge in [0, 0.05) is 29.6 Å². The minimum atomic E-state index is -0.191. The highest BCUT2D eigenvalue weighted by molar-refractivity contribution is 5.83. The number of H-pyrrole nitrogens is 1. The summed E-state index contributed by atoms with van der Waals surface area (Å²) in [5.74, 6) is 2.10. The van der Waals surface area contributed by atoms with Crippen LogP contribution in [0.15, 0.2) is 23.0 Å². The molecule has 4 rings (SSSR count). The molecule has 0 saturated heterocycles. The van der Waals surface area contributed by atoms with E-state index in [4.69, 9.17) is 9.47 Å². The SMILES string of the molecule is CCC(c1nnnn1C(C)(C)CC)N(Cc1cc2cc(OC)c(OC)cc2[nH]c1=O)C1CCCC1. The van der Waals surface area contributed by atoms with Gasteiger partial charge in [0.2, 0.25) is 0 Å². The first-order valence-corrected chi connectivity index (χ1v) is 12.6. The first kappa shape index (κ1) is 25.2. The van der Waals surface area contributed by atoms with Gasteiger partial charge in [-0.25, -0.2) is 4.68 Å². The predicted octanol–water partition coefficient (Wildman–Crippen LogP) is 4.57. The van der Waals surface area contributed by atoms with Gasteiger partial charge in [-0.2, -0.15) is 0 Å². The minimum absolute atomic E-state index is 0.0134. The van der Waals surface area contributed by atoms with Crippen molar-refractivity contribution in [3.05, 3.63) is 39.9 Å². The maximum absolute atomic E-state index is 13.2. The summed E-state index contributed by atoms with van der Waals surface area (Å²) in [6.07, 6.45) is 6.41. The molecule has 0 spiro atoms. The molecule has 190 valence electrons. The van der Waals surface area contributed by atoms with Gasteiger partial charge in [-0.15, -0.1) is 5.10 Å². The van der Waals surface area contributed by atoms with Crippen molar-refractivity contribution < 1.29 is 9.47 Å². The third-order valence-electron chi connectivity index (χ3n) is 7.59. The number of nitrogens with zero attached hydrogens (tertiary/aromatic N) is 5. The minimum Gasteiger partial charge on any atom is -0.493 e. The van der Waals surface area contributed by atoms with E-state index in [0.717, 1.165) is 48.0 Å². The number of pyridine rings is 1. The van der Waals surface area contributed by atoms with E-state index in [-0.39, 0.29) is 17.1 Å². The summed E-state index contributed by atoms with van der Waals surface area (Å²) in [6, 6.07) is 6.10. The molecule has 1 fully saturated rings. The Hall–Kier alpha value is -2.94. The predicted molar refractivity (Wildman–Crippen MR) is 136 cm³/mol. The number of rotatable bonds is 10. The lowest BCUT2D eigenvalue weighted by Gasteiger charge is -2.36. The van der Waals surface area contributed by atoms with Gasteiger partial charge >= 0.3 is 0 Å². The molecule has 1 aliphatic carbocycles. The lowest BCUT2D eigenvalue weighted by molar-refractivity contribution is 0.106. The molecular formula is C26H38N6O3. The molecule has 0 aliphatic heterocycles. The second kappa shape index (κ2) is 10.4. The van der Waals surface area contributed by atoms with Crippen molar-refractivity contribution >= 4 is 10.9 Å². The molecule has 35 heavy (non-hydrogen) atoms. The first-order chi connectivity index (χ1) is 16.8. The molecule has 3 aromatic rings. The zero-order valence-electron chi connectivity index (χ0n) is 21.8. The van der Waals surface area contributed by atoms with Crippen molar-refractivity contribution in [2.24, 2.45) is 0 Å². The Labute approximate surface area is 206 Å². The number of nitrogens with one attached hydrogen (secondary N) is 1. The molecule has 0 bridgehead atoms. The van der Waals surface area contributed by atoms with Gasteiger partial charge in [0.1, 0.15) is 0 Å². The topological polar surface area (TPSA) is 98.2 Å². The van der Waals surface area contributed by atoms with Gasteiger partial charge in [0.15, 0.2) is 17.3 Å². The van der Waals surface area contributed by atoms with E-state index in [1.54, 1.807) is 14.2 Å². The summed E-state index contributed by atoms with van der Waals surface area (Å²) in [4.78, 5) is 18.7. The van der Waals surface area contributed by atoms with Gasteiger partial charge in [0.05, 0.1) is 31.3 Å². The van der Waals surface area contributed by atoms with E-state index < -0.39 is 0 Å². The van der Waals surface area contributed by atoms with Gasteiger partial charge in [-0.1, -0.05) is 26.7 Å². The highest BCUT2D eigenvalue weighted by Gasteiger charge is 2.35. The molecule has 1 atom stereocenters. The number of benzene rings is 1. The highest BCUT2D eigenvalue weighted by atomic mass is 16.5. The summed E-state index contributed by atoms with van der Waals surface area (Å²) in [5.41, 5.74) is 1.17. The number of hydrogen-bond acceptors (Lipinski definition) is 7. The maximum Gasteiger partial charge on any atom is 0.252 e. The second-order valence-electron chi connectivity index (χ2n) is 10.1. The van der Waals surface area contributed by atoms with Crippen LogP contribution in [-0.2, 0) is 12.1 Å². The lowest BCUT2D eigenvalue weighted by Crippen LogP contribution is -2.40. The molecule has 1 unspecified atom stereocenters. The number of tetrazole rings is 1. The maximum atomic E-state index is 13.2. The van der Waals surface area contributed by atoms with Crippen LogP contribution < -0.4 is 15.0 Å². The quantitative estimate of drug-likeness (QED) is 0.452. The Morgan fingerprint density at radius 2 is 1.83 bits per heavy atom. The average Bonchev–Trinajstić information content (AvgIpc) is 3.56. The van der Waals surface area contributed by atoms with Crippen molar-refractivity contribution in [1.82, 2.24) is 30.1 Å². The van der Waals surface area contributed by atoms with Crippen molar-refractivity contribution in [1.29, 1.82) is 0 Å². The largest absolute Gasteiger partial charge is 0.493 e. The molecule has 1 N–H and O–H groups in total. The second-order valence-corrected chi connectivity index (χ2v) is 10.1. The van der Waals surface area contributed by atoms with Crippen molar-refractivity contribution in [3.8, 4) is 11.5 Å². The van der Waals surface area contributed by atoms with Gasteiger partial charge in [0.25, 0.3) is 5.56 Å². The Bertz CT molecular complexity index is 1210. The van der Waals surface area contributed by atoms with Crippen LogP contribution >= 0.6 is 0 Å². The molecule has 1 aromatic carbocycles. The van der Waals surface area contributed by atoms with Crippen LogP contribution in [0.5, 0.6) is 11.5 Å². The smallest absolute Gasteiger partial charge is 0.252 e. The average molecular weight is 483 g/mol. The van der Waals surface area contributed by atoms with Crippen LogP contribution in [0.4, 0.5) is 0 Å². The summed E-state index contributed by atoms with van der Waals surface area (Å²) in [6.45, 7) is 9.18. The lowest BCUT2D eigenvalue weighted by atomic mass is 10.00. The standard InChI is InChI=1S/C26H38N6O3/c1-7-21(24-28-29-30-32(24)26(3,4)8-2)31(19-11-9-10-12-19)16-18-13-17-14-22(34-5)23(35-6)15-20(17)27-25(18)33/h13-15,19,21H,7-12,16H2,1-6H3,(H,27,33). The number of hydrogen-bond donors (Lipinski definition) is 1. The fourth-order valence-corrected chi connectivity index (χ4v) is 5.17. The number of ether oxygens (including phenoxy) is 2. The Kier molecular flexibility index (Phi) is 7.44. The van der Waals surface area contributed by atoms with E-state index in [9.17, 15) is 4.79 Å². The van der Waals surface area contributed by atoms with Crippen LogP contribution in [0.2, 0.25) is 0 Å². The monoisotopic (exact) mass is 482 g/mol. The van der Waals surface area contributed by atoms with Crippen LogP contribution in [0, 0.1) is 0 Å². The third kappa shape index (κ3) is 4.91. The van der Waals surface area contributed by atoms with Crippen LogP contribution in [0.1, 0.15) is 83.6 Å². The number of aromatic nitrogens is 5. The number of fused-ring (bicyclic) bond motifs is 1. The number of aromatic amines is 1. The molecule has 0 amide bonds. The van der Waals surface area contributed by atoms with Gasteiger partial charge in [-0.05, 0) is 62.1 Å². The van der Waals surface area contributed by atoms with E-state index in [0.29, 0.717) is 24.1 Å². The van der Waals surface area contributed by atoms with Gasteiger partial charge in [-0.3, -0.25) is 9.69 Å². The summed E-state index contributed by atoms with van der Waals surface area (Å²) >= 11 is 0. The summed E-state index contributed by atoms with van der Waals surface area (Å²) < 4.78 is 12.9. The van der Waals surface area contributed by atoms with Crippen LogP contribution in [0.25, 0.3) is 10.9 Å². The fourth-order valence-electron chi connectivity index (χ4n) is 5.17. The normalized spacial score (nSPS) is 15.7. The van der Waals surface area contributed by atoms with Crippen LogP contribution in [0.3, 0.4) is 0 Å². The molecule has 2 aromatic heterocycles. The molecule has 2 heterocycles. The van der Waals surface area contributed by atoms with Crippen LogP contribution in [-0.4, -0.2) is 50.4 Å². The van der Waals surface area contributed by atoms with E-state index in [1.807, 2.05) is 22.9 Å². The first-order valence-electron chi connectivity index (χ1n) is 12.6. The highest BCUT2D eigenvalue weighted by Crippen LogP contribution is 2.36. The summed E-state index contributed by atoms with van der Waals surface area (Å²) in [5, 5.41) is 13.8. The summed E-state index contributed by atoms with van der Waals surface area (Å²) in [7, 11) is 3.21. The Morgan fingerprint density at radius 1 is 1.14 bits per heavy atom. The van der Waals surface area contributed by atoms with Crippen molar-refractivity contribution in [2.45, 2.75) is 90.4 Å². The molecule has 0 radical (unpaired) electrons. The Balaban J connectivity index is 1.76. The molecule has 1 aliphatic rings. The van der Waals surface area contributed by atoms with E-state index in [2.05, 4.69) is 53.1 Å². The zero-order valence-corrected chi connectivity index (χ0v) is 21.8. The van der Waals surface area contributed by atoms with Crippen molar-refractivity contribution in [2.75, 3.05) is 14.2 Å². The Morgan fingerprint density at radius 3 is 2.46 bits per heavy atom. The third-order valence-corrected chi connectivity index (χ3v) is 7.59. The van der Waals surface area contributed by atoms with Crippen molar-refractivity contribution in [3.63, 3.8) is 0 Å². The van der Waals surface area contributed by atoms with Gasteiger partial charge < -0.3 is 14.5 Å².